The number of benzene rings is 6. The highest BCUT2D eigenvalue weighted by molar-refractivity contribution is 6.09. The first-order valence-electron chi connectivity index (χ1n) is 15.7. The Labute approximate surface area is 262 Å². The quantitative estimate of drug-likeness (QED) is 0.207. The minimum atomic E-state index is -0.0792. The summed E-state index contributed by atoms with van der Waals surface area (Å²) in [6.45, 7) is 9.52. The molecular formula is C42H33NO2. The highest BCUT2D eigenvalue weighted by Crippen LogP contribution is 2.55. The molecule has 0 atom stereocenters. The van der Waals surface area contributed by atoms with Crippen LogP contribution in [-0.2, 0) is 10.8 Å². The van der Waals surface area contributed by atoms with Crippen LogP contribution in [0.2, 0.25) is 0 Å². The molecule has 0 spiro atoms. The number of rotatable bonds is 3. The van der Waals surface area contributed by atoms with Crippen LogP contribution in [0.15, 0.2) is 136 Å². The maximum atomic E-state index is 6.56. The Morgan fingerprint density at radius 2 is 1.00 bits per heavy atom. The Morgan fingerprint density at radius 3 is 1.84 bits per heavy atom. The molecule has 3 heteroatoms. The van der Waals surface area contributed by atoms with E-state index in [9.17, 15) is 0 Å². The van der Waals surface area contributed by atoms with Gasteiger partial charge in [-0.1, -0.05) is 88.4 Å². The minimum absolute atomic E-state index is 0.0334. The summed E-state index contributed by atoms with van der Waals surface area (Å²) in [5.74, 6) is 0. The number of furan rings is 2. The minimum Gasteiger partial charge on any atom is -0.456 e. The second-order valence-corrected chi connectivity index (χ2v) is 13.4. The highest BCUT2D eigenvalue weighted by atomic mass is 16.3. The van der Waals surface area contributed by atoms with Crippen LogP contribution in [-0.4, -0.2) is 0 Å². The van der Waals surface area contributed by atoms with E-state index >= 15 is 0 Å². The van der Waals surface area contributed by atoms with E-state index in [2.05, 4.69) is 148 Å². The first-order valence-corrected chi connectivity index (χ1v) is 15.7. The zero-order valence-electron chi connectivity index (χ0n) is 25.9. The van der Waals surface area contributed by atoms with Gasteiger partial charge in [0.15, 0.2) is 0 Å². The zero-order valence-corrected chi connectivity index (χ0v) is 25.9. The first-order chi connectivity index (χ1) is 21.8. The molecule has 0 N–H and O–H groups in total. The molecule has 9 rings (SSSR count). The second kappa shape index (κ2) is 9.12. The van der Waals surface area contributed by atoms with Gasteiger partial charge in [0.1, 0.15) is 22.3 Å². The summed E-state index contributed by atoms with van der Waals surface area (Å²) in [6, 6.07) is 45.3. The number of anilines is 3. The summed E-state index contributed by atoms with van der Waals surface area (Å²) in [5.41, 5.74) is 12.0. The molecule has 2 aromatic heterocycles. The molecule has 8 aromatic rings. The molecular weight excluding hydrogens is 550 g/mol. The van der Waals surface area contributed by atoms with Crippen molar-refractivity contribution >= 4 is 60.9 Å². The molecule has 6 aromatic carbocycles. The predicted octanol–water partition coefficient (Wildman–Crippen LogP) is 12.2. The van der Waals surface area contributed by atoms with E-state index in [0.717, 1.165) is 60.9 Å². The fourth-order valence-electron chi connectivity index (χ4n) is 7.50. The molecule has 45 heavy (non-hydrogen) atoms. The fourth-order valence-corrected chi connectivity index (χ4v) is 7.50. The Kier molecular flexibility index (Phi) is 5.30. The zero-order chi connectivity index (χ0) is 30.5. The van der Waals surface area contributed by atoms with Gasteiger partial charge in [0.05, 0.1) is 0 Å². The van der Waals surface area contributed by atoms with Gasteiger partial charge < -0.3 is 13.7 Å². The second-order valence-electron chi connectivity index (χ2n) is 13.4. The van der Waals surface area contributed by atoms with E-state index in [4.69, 9.17) is 8.83 Å². The molecule has 0 radical (unpaired) electrons. The van der Waals surface area contributed by atoms with Crippen molar-refractivity contribution in [1.82, 2.24) is 0 Å². The Bertz CT molecular complexity index is 2440. The molecule has 218 valence electrons. The average molecular weight is 584 g/mol. The molecule has 0 amide bonds. The predicted molar refractivity (Wildman–Crippen MR) is 187 cm³/mol. The standard InChI is InChI=1S/C42H33NO2/c1-41(2)35-16-10-8-14-29(35)32-25-40-34(24-36(32)42(41,3)4)33-22-27(19-21-38(33)45-40)43(26-12-6-5-7-13-26)28-18-20-31-30-15-9-11-17-37(30)44-39(31)23-28/h5-25H,1-4H3. The Hall–Kier alpha value is -5.28. The highest BCUT2D eigenvalue weighted by Gasteiger charge is 2.46. The van der Waals surface area contributed by atoms with Crippen molar-refractivity contribution < 1.29 is 8.83 Å². The molecule has 0 saturated heterocycles. The van der Waals surface area contributed by atoms with E-state index in [1.54, 1.807) is 0 Å². The van der Waals surface area contributed by atoms with Gasteiger partial charge in [-0.15, -0.1) is 0 Å². The smallest absolute Gasteiger partial charge is 0.137 e. The van der Waals surface area contributed by atoms with Gasteiger partial charge in [-0.05, 0) is 93.7 Å². The molecule has 0 aliphatic heterocycles. The van der Waals surface area contributed by atoms with E-state index in [1.807, 2.05) is 12.1 Å². The van der Waals surface area contributed by atoms with Crippen LogP contribution < -0.4 is 4.90 Å². The van der Waals surface area contributed by atoms with Gasteiger partial charge in [-0.2, -0.15) is 0 Å². The average Bonchev–Trinajstić information content (AvgIpc) is 3.61. The van der Waals surface area contributed by atoms with Crippen LogP contribution in [0.4, 0.5) is 17.1 Å². The van der Waals surface area contributed by atoms with Gasteiger partial charge in [-0.25, -0.2) is 0 Å². The van der Waals surface area contributed by atoms with Crippen molar-refractivity contribution in [2.75, 3.05) is 4.90 Å². The largest absolute Gasteiger partial charge is 0.456 e. The lowest BCUT2D eigenvalue weighted by atomic mass is 9.55. The number of nitrogens with zero attached hydrogens (tertiary/aromatic N) is 1. The van der Waals surface area contributed by atoms with Gasteiger partial charge in [-0.3, -0.25) is 0 Å². The summed E-state index contributed by atoms with van der Waals surface area (Å²) in [6.07, 6.45) is 0. The van der Waals surface area contributed by atoms with Gasteiger partial charge in [0.2, 0.25) is 0 Å². The van der Waals surface area contributed by atoms with Crippen molar-refractivity contribution in [3.8, 4) is 11.1 Å². The molecule has 0 saturated carbocycles. The number of fused-ring (bicyclic) bond motifs is 9. The summed E-state index contributed by atoms with van der Waals surface area (Å²) in [7, 11) is 0. The van der Waals surface area contributed by atoms with Crippen LogP contribution >= 0.6 is 0 Å². The van der Waals surface area contributed by atoms with E-state index in [0.29, 0.717) is 0 Å². The molecule has 0 fully saturated rings. The van der Waals surface area contributed by atoms with Crippen LogP contribution in [0.5, 0.6) is 0 Å². The van der Waals surface area contributed by atoms with E-state index in [-0.39, 0.29) is 10.8 Å². The van der Waals surface area contributed by atoms with Crippen LogP contribution in [0.25, 0.3) is 55.0 Å². The molecule has 2 heterocycles. The fraction of sp³-hybridized carbons (Fsp3) is 0.143. The normalized spacial score (nSPS) is 15.0. The molecule has 0 bridgehead atoms. The number of hydrogen-bond donors (Lipinski definition) is 0. The SMILES string of the molecule is CC1(C)c2ccccc2-c2cc3oc4ccc(N(c5ccccc5)c5ccc6c(c5)oc5ccccc56)cc4c3cc2C1(C)C. The topological polar surface area (TPSA) is 29.5 Å². The summed E-state index contributed by atoms with van der Waals surface area (Å²) in [5, 5.41) is 4.52. The van der Waals surface area contributed by atoms with Crippen molar-refractivity contribution in [1.29, 1.82) is 0 Å². The van der Waals surface area contributed by atoms with Gasteiger partial charge in [0.25, 0.3) is 0 Å². The number of hydrogen-bond acceptors (Lipinski definition) is 3. The van der Waals surface area contributed by atoms with Crippen molar-refractivity contribution in [3.63, 3.8) is 0 Å². The van der Waals surface area contributed by atoms with Crippen LogP contribution in [0.3, 0.4) is 0 Å². The van der Waals surface area contributed by atoms with Crippen molar-refractivity contribution in [2.24, 2.45) is 0 Å². The summed E-state index contributed by atoms with van der Waals surface area (Å²) >= 11 is 0. The van der Waals surface area contributed by atoms with Crippen molar-refractivity contribution in [3.05, 3.63) is 139 Å². The molecule has 0 unspecified atom stereocenters. The monoisotopic (exact) mass is 583 g/mol. The third kappa shape index (κ3) is 3.64. The lowest BCUT2D eigenvalue weighted by Crippen LogP contribution is -2.43. The third-order valence-corrected chi connectivity index (χ3v) is 10.6. The Balaban J connectivity index is 1.26. The lowest BCUT2D eigenvalue weighted by molar-refractivity contribution is 0.299. The number of para-hydroxylation sites is 2. The Morgan fingerprint density at radius 1 is 0.400 bits per heavy atom. The molecule has 1 aliphatic rings. The molecule has 3 nitrogen and oxygen atoms in total. The van der Waals surface area contributed by atoms with Crippen LogP contribution in [0.1, 0.15) is 38.8 Å². The van der Waals surface area contributed by atoms with Crippen molar-refractivity contribution in [2.45, 2.75) is 38.5 Å². The van der Waals surface area contributed by atoms with E-state index < -0.39 is 0 Å². The third-order valence-electron chi connectivity index (χ3n) is 10.6. The molecule has 1 aliphatic carbocycles. The van der Waals surface area contributed by atoms with Gasteiger partial charge >= 0.3 is 0 Å². The lowest BCUT2D eigenvalue weighted by Gasteiger charge is -2.48. The first kappa shape index (κ1) is 26.2. The summed E-state index contributed by atoms with van der Waals surface area (Å²) < 4.78 is 12.9. The van der Waals surface area contributed by atoms with Gasteiger partial charge in [0, 0.05) is 44.7 Å². The maximum absolute atomic E-state index is 6.56. The summed E-state index contributed by atoms with van der Waals surface area (Å²) in [4.78, 5) is 2.30. The van der Waals surface area contributed by atoms with E-state index in [1.165, 1.54) is 22.3 Å². The van der Waals surface area contributed by atoms with Crippen LogP contribution in [0, 0.1) is 0 Å². The maximum Gasteiger partial charge on any atom is 0.137 e.